The summed E-state index contributed by atoms with van der Waals surface area (Å²) in [5, 5.41) is 11.3. The van der Waals surface area contributed by atoms with Crippen molar-refractivity contribution in [2.45, 2.75) is 51.4 Å². The standard InChI is InChI=1S/C30H37ClN2O3/c1-36-27-12-13-29-28(20-27)24(15-17-32-29)6-2-5-23-16-19-33(21-25(23)9-14-30(34)35)18-3-4-22-7-10-26(31)11-8-22/h7-8,10-13,15,17,20,23,25H,2-6,9,14,16,18-19,21H2,1H3,(H,34,35)/t23-,25+/m1/s1. The van der Waals surface area contributed by atoms with Crippen LogP contribution in [0.4, 0.5) is 0 Å². The van der Waals surface area contributed by atoms with Gasteiger partial charge in [-0.05, 0) is 117 Å². The summed E-state index contributed by atoms with van der Waals surface area (Å²) in [5.41, 5.74) is 3.62. The van der Waals surface area contributed by atoms with Crippen LogP contribution in [0.2, 0.25) is 5.02 Å². The number of rotatable bonds is 12. The van der Waals surface area contributed by atoms with E-state index >= 15 is 0 Å². The van der Waals surface area contributed by atoms with Crippen LogP contribution in [0, 0.1) is 11.8 Å². The number of nitrogens with zero attached hydrogens (tertiary/aromatic N) is 2. The first kappa shape index (κ1) is 26.4. The third kappa shape index (κ3) is 7.44. The first-order chi connectivity index (χ1) is 17.5. The zero-order chi connectivity index (χ0) is 25.3. The first-order valence-electron chi connectivity index (χ1n) is 13.1. The molecule has 3 aromatic rings. The number of hydrogen-bond acceptors (Lipinski definition) is 4. The van der Waals surface area contributed by atoms with Gasteiger partial charge in [0.05, 0.1) is 12.6 Å². The molecule has 4 rings (SSSR count). The van der Waals surface area contributed by atoms with Gasteiger partial charge < -0.3 is 14.7 Å². The van der Waals surface area contributed by atoms with Gasteiger partial charge in [-0.2, -0.15) is 0 Å². The maximum absolute atomic E-state index is 11.3. The lowest BCUT2D eigenvalue weighted by atomic mass is 9.79. The van der Waals surface area contributed by atoms with Crippen molar-refractivity contribution in [3.8, 4) is 5.75 Å². The van der Waals surface area contributed by atoms with Gasteiger partial charge in [-0.1, -0.05) is 23.7 Å². The normalized spacial score (nSPS) is 18.4. The van der Waals surface area contributed by atoms with E-state index in [1.54, 1.807) is 7.11 Å². The number of methoxy groups -OCH3 is 1. The van der Waals surface area contributed by atoms with E-state index in [9.17, 15) is 9.90 Å². The van der Waals surface area contributed by atoms with Crippen LogP contribution in [-0.4, -0.2) is 47.7 Å². The number of benzene rings is 2. The number of aryl methyl sites for hydroxylation is 2. The van der Waals surface area contributed by atoms with Crippen molar-refractivity contribution in [2.24, 2.45) is 11.8 Å². The second kappa shape index (κ2) is 13.1. The Balaban J connectivity index is 1.31. The Labute approximate surface area is 219 Å². The van der Waals surface area contributed by atoms with Crippen molar-refractivity contribution in [3.63, 3.8) is 0 Å². The molecule has 192 valence electrons. The van der Waals surface area contributed by atoms with Gasteiger partial charge in [0.25, 0.3) is 0 Å². The smallest absolute Gasteiger partial charge is 0.303 e. The van der Waals surface area contributed by atoms with Gasteiger partial charge in [-0.25, -0.2) is 0 Å². The zero-order valence-electron chi connectivity index (χ0n) is 21.2. The van der Waals surface area contributed by atoms with Crippen LogP contribution in [0.25, 0.3) is 10.9 Å². The summed E-state index contributed by atoms with van der Waals surface area (Å²) in [5.74, 6) is 1.19. The van der Waals surface area contributed by atoms with Crippen molar-refractivity contribution < 1.29 is 14.6 Å². The van der Waals surface area contributed by atoms with Crippen molar-refractivity contribution in [1.29, 1.82) is 0 Å². The quantitative estimate of drug-likeness (QED) is 0.296. The van der Waals surface area contributed by atoms with Crippen molar-refractivity contribution in [3.05, 3.63) is 70.9 Å². The topological polar surface area (TPSA) is 62.7 Å². The minimum atomic E-state index is -0.689. The molecule has 0 spiro atoms. The van der Waals surface area contributed by atoms with Gasteiger partial charge in [0.2, 0.25) is 0 Å². The Morgan fingerprint density at radius 1 is 1.08 bits per heavy atom. The number of hydrogen-bond donors (Lipinski definition) is 1. The van der Waals surface area contributed by atoms with Crippen LogP contribution in [0.3, 0.4) is 0 Å². The molecule has 1 aliphatic heterocycles. The second-order valence-electron chi connectivity index (χ2n) is 10.0. The number of likely N-dealkylation sites (tertiary alicyclic amines) is 1. The fraction of sp³-hybridized carbons (Fsp3) is 0.467. The van der Waals surface area contributed by atoms with Gasteiger partial charge in [0, 0.05) is 29.6 Å². The Kier molecular flexibility index (Phi) is 9.60. The van der Waals surface area contributed by atoms with E-state index in [4.69, 9.17) is 16.3 Å². The molecule has 0 aliphatic carbocycles. The number of carboxylic acid groups (broad SMARTS) is 1. The average molecular weight is 509 g/mol. The molecule has 0 amide bonds. The molecule has 0 unspecified atom stereocenters. The molecule has 0 bridgehead atoms. The summed E-state index contributed by atoms with van der Waals surface area (Å²) in [7, 11) is 1.69. The molecular formula is C30H37ClN2O3. The average Bonchev–Trinajstić information content (AvgIpc) is 2.89. The Bertz CT molecular complexity index is 1130. The van der Waals surface area contributed by atoms with Gasteiger partial charge in [0.15, 0.2) is 0 Å². The maximum atomic E-state index is 11.3. The van der Waals surface area contributed by atoms with Gasteiger partial charge in [-0.3, -0.25) is 9.78 Å². The van der Waals surface area contributed by atoms with E-state index in [0.717, 1.165) is 86.3 Å². The predicted molar refractivity (Wildman–Crippen MR) is 146 cm³/mol. The van der Waals surface area contributed by atoms with Crippen LogP contribution in [0.1, 0.15) is 49.7 Å². The summed E-state index contributed by atoms with van der Waals surface area (Å²) in [6, 6.07) is 16.3. The molecule has 1 N–H and O–H groups in total. The summed E-state index contributed by atoms with van der Waals surface area (Å²) in [6.45, 7) is 3.17. The monoisotopic (exact) mass is 508 g/mol. The molecule has 5 nitrogen and oxygen atoms in total. The fourth-order valence-electron chi connectivity index (χ4n) is 5.61. The van der Waals surface area contributed by atoms with E-state index in [0.29, 0.717) is 11.8 Å². The molecule has 1 aliphatic rings. The van der Waals surface area contributed by atoms with E-state index in [-0.39, 0.29) is 6.42 Å². The molecule has 1 saturated heterocycles. The molecule has 0 saturated carbocycles. The third-order valence-corrected chi connectivity index (χ3v) is 7.87. The highest BCUT2D eigenvalue weighted by molar-refractivity contribution is 6.30. The summed E-state index contributed by atoms with van der Waals surface area (Å²) in [4.78, 5) is 18.4. The number of piperidine rings is 1. The largest absolute Gasteiger partial charge is 0.497 e. The molecule has 1 fully saturated rings. The van der Waals surface area contributed by atoms with Crippen molar-refractivity contribution in [2.75, 3.05) is 26.7 Å². The molecule has 2 heterocycles. The number of fused-ring (bicyclic) bond motifs is 1. The van der Waals surface area contributed by atoms with Gasteiger partial charge >= 0.3 is 5.97 Å². The highest BCUT2D eigenvalue weighted by Gasteiger charge is 2.29. The van der Waals surface area contributed by atoms with Gasteiger partial charge in [0.1, 0.15) is 5.75 Å². The first-order valence-corrected chi connectivity index (χ1v) is 13.5. The summed E-state index contributed by atoms with van der Waals surface area (Å²) >= 11 is 6.00. The van der Waals surface area contributed by atoms with Crippen LogP contribution in [0.15, 0.2) is 54.7 Å². The third-order valence-electron chi connectivity index (χ3n) is 7.62. The number of pyridine rings is 1. The number of aliphatic carboxylic acids is 1. The Morgan fingerprint density at radius 2 is 1.92 bits per heavy atom. The number of aromatic nitrogens is 1. The van der Waals surface area contributed by atoms with Crippen LogP contribution in [-0.2, 0) is 17.6 Å². The molecule has 2 atom stereocenters. The lowest BCUT2D eigenvalue weighted by Crippen LogP contribution is -2.41. The SMILES string of the molecule is COc1ccc2nccc(CCC[C@@H]3CCN(CCCc4ccc(Cl)cc4)C[C@@H]3CCC(=O)O)c2c1. The Hall–Kier alpha value is -2.63. The minimum Gasteiger partial charge on any atom is -0.497 e. The van der Waals surface area contributed by atoms with Crippen LogP contribution >= 0.6 is 11.6 Å². The molecule has 36 heavy (non-hydrogen) atoms. The summed E-state index contributed by atoms with van der Waals surface area (Å²) < 4.78 is 5.42. The number of carbonyl (C=O) groups is 1. The van der Waals surface area contributed by atoms with E-state index in [2.05, 4.69) is 34.1 Å². The molecule has 1 aromatic heterocycles. The lowest BCUT2D eigenvalue weighted by molar-refractivity contribution is -0.137. The van der Waals surface area contributed by atoms with E-state index in [1.165, 1.54) is 11.1 Å². The van der Waals surface area contributed by atoms with E-state index in [1.807, 2.05) is 30.5 Å². The highest BCUT2D eigenvalue weighted by Crippen LogP contribution is 2.32. The van der Waals surface area contributed by atoms with Crippen LogP contribution < -0.4 is 4.74 Å². The van der Waals surface area contributed by atoms with Crippen LogP contribution in [0.5, 0.6) is 5.75 Å². The number of carboxylic acids is 1. The van der Waals surface area contributed by atoms with Crippen molar-refractivity contribution in [1.82, 2.24) is 9.88 Å². The summed E-state index contributed by atoms with van der Waals surface area (Å²) in [6.07, 6.45) is 9.45. The zero-order valence-corrected chi connectivity index (χ0v) is 21.9. The maximum Gasteiger partial charge on any atom is 0.303 e. The number of halogens is 1. The van der Waals surface area contributed by atoms with Gasteiger partial charge in [-0.15, -0.1) is 0 Å². The highest BCUT2D eigenvalue weighted by atomic mass is 35.5. The fourth-order valence-corrected chi connectivity index (χ4v) is 5.74. The van der Waals surface area contributed by atoms with E-state index < -0.39 is 5.97 Å². The predicted octanol–water partition coefficient (Wildman–Crippen LogP) is 6.66. The van der Waals surface area contributed by atoms with Crippen molar-refractivity contribution >= 4 is 28.5 Å². The molecule has 0 radical (unpaired) electrons. The number of ether oxygens (including phenoxy) is 1. The lowest BCUT2D eigenvalue weighted by Gasteiger charge is -2.39. The minimum absolute atomic E-state index is 0.259. The second-order valence-corrected chi connectivity index (χ2v) is 10.5. The molecule has 6 heteroatoms. The molecule has 2 aromatic carbocycles. The molecular weight excluding hydrogens is 472 g/mol. The Morgan fingerprint density at radius 3 is 2.69 bits per heavy atom.